The summed E-state index contributed by atoms with van der Waals surface area (Å²) >= 11 is 0. The molecule has 15 saturated heterocycles. The molecule has 0 aliphatic carbocycles. The number of hydrogen-bond acceptors (Lipinski definition) is 43. The van der Waals surface area contributed by atoms with Gasteiger partial charge in [-0.3, -0.25) is 0 Å². The molecule has 15 heterocycles. The molecule has 15 aliphatic heterocycles. The Kier molecular flexibility index (Phi) is 24.9. The molecule has 0 saturated carbocycles. The third-order valence-electron chi connectivity index (χ3n) is 22.1. The van der Waals surface area contributed by atoms with Crippen molar-refractivity contribution in [1.29, 1.82) is 0 Å². The zero-order valence-electron chi connectivity index (χ0n) is 71.3. The van der Waals surface area contributed by atoms with Crippen molar-refractivity contribution in [3.05, 3.63) is 143 Å². The number of rotatable bonds is 15. The highest BCUT2D eigenvalue weighted by Crippen LogP contribution is 2.50. The Labute approximate surface area is 737 Å². The second-order valence-corrected chi connectivity index (χ2v) is 33.5. The molecule has 20 rings (SSSR count). The zero-order valence-corrected chi connectivity index (χ0v) is 71.3. The SMILES string of the molecule is CC1(C)OC2OC3C(OC(=O)/C=C/c4cc(O)c(O)c(O)c4)C(=O)OC3C2O1.CC1(C)OC2OC3C(OC(=O)c4ccc(O)cc4)C(=O)OC3C2O1.CC1(C)OC2OC3C(OC(=O)c4ccccc4)C(=O)OC3C2O1.CC1(C)OC2OC3C(OC(=O)c4ccccc4O)C(=O)OC3C2O1.COc1cc(/C=C/C(=O)OC2C(=O)OC3C4OC(C)(C)OC4OC23)cc(OC)c1OC. The summed E-state index contributed by atoms with van der Waals surface area (Å²) in [5.74, 6) is -12.0. The van der Waals surface area contributed by atoms with Gasteiger partial charge in [-0.25, -0.2) is 47.9 Å². The summed E-state index contributed by atoms with van der Waals surface area (Å²) in [5, 5.41) is 47.2. The van der Waals surface area contributed by atoms with Crippen molar-refractivity contribution in [3.8, 4) is 46.0 Å². The van der Waals surface area contributed by atoms with Crippen LogP contribution in [0.4, 0.5) is 0 Å². The van der Waals surface area contributed by atoms with Crippen LogP contribution in [0, 0.1) is 0 Å². The van der Waals surface area contributed by atoms with Crippen molar-refractivity contribution < 1.29 is 206 Å². The molecule has 25 unspecified atom stereocenters. The number of methoxy groups -OCH3 is 3. The Morgan fingerprint density at radius 1 is 0.315 bits per heavy atom. The van der Waals surface area contributed by atoms with E-state index in [1.807, 2.05) is 0 Å². The predicted molar refractivity (Wildman–Crippen MR) is 419 cm³/mol. The van der Waals surface area contributed by atoms with E-state index < -0.39 is 259 Å². The number of phenols is 5. The number of carbonyl (C=O) groups is 10. The van der Waals surface area contributed by atoms with Gasteiger partial charge in [-0.05, 0) is 165 Å². The lowest BCUT2D eigenvalue weighted by molar-refractivity contribution is -0.216. The second kappa shape index (κ2) is 35.4. The summed E-state index contributed by atoms with van der Waals surface area (Å²) in [6.45, 7) is 17.4. The minimum Gasteiger partial charge on any atom is -0.508 e. The molecule has 5 aromatic rings. The first-order valence-electron chi connectivity index (χ1n) is 40.7. The highest BCUT2D eigenvalue weighted by molar-refractivity contribution is 5.96. The van der Waals surface area contributed by atoms with Gasteiger partial charge in [0.2, 0.25) is 36.3 Å². The molecule has 15 aliphatic rings. The van der Waals surface area contributed by atoms with Gasteiger partial charge in [0.1, 0.15) is 47.6 Å². The smallest absolute Gasteiger partial charge is 0.350 e. The van der Waals surface area contributed by atoms with Crippen molar-refractivity contribution in [1.82, 2.24) is 0 Å². The van der Waals surface area contributed by atoms with Gasteiger partial charge < -0.3 is 158 Å². The minimum atomic E-state index is -1.27. The number of phenolic OH excluding ortho intramolecular Hbond substituents is 5. The topological polar surface area (TPSA) is 530 Å². The maximum atomic E-state index is 12.4. The van der Waals surface area contributed by atoms with Gasteiger partial charge >= 0.3 is 59.7 Å². The molecule has 130 heavy (non-hydrogen) atoms. The molecular formula is C87H90O43. The summed E-state index contributed by atoms with van der Waals surface area (Å²) in [5.41, 5.74) is 1.35. The molecule has 0 bridgehead atoms. The van der Waals surface area contributed by atoms with Crippen molar-refractivity contribution in [2.45, 2.75) is 252 Å². The average molecular weight is 1820 g/mol. The zero-order chi connectivity index (χ0) is 92.9. The third kappa shape index (κ3) is 18.7. The monoisotopic (exact) mass is 1820 g/mol. The Hall–Kier alpha value is -11.9. The van der Waals surface area contributed by atoms with Crippen LogP contribution in [0.3, 0.4) is 0 Å². The minimum absolute atomic E-state index is 0.0238. The Bertz CT molecular complexity index is 5230. The molecule has 15 fully saturated rings. The molecule has 0 aromatic heterocycles. The predicted octanol–water partition coefficient (Wildman–Crippen LogP) is 4.42. The van der Waals surface area contributed by atoms with Gasteiger partial charge in [0.25, 0.3) is 0 Å². The quantitative estimate of drug-likeness (QED) is 0.0419. The van der Waals surface area contributed by atoms with E-state index in [-0.39, 0.29) is 28.2 Å². The van der Waals surface area contributed by atoms with Gasteiger partial charge in [-0.1, -0.05) is 30.3 Å². The van der Waals surface area contributed by atoms with Crippen molar-refractivity contribution in [2.24, 2.45) is 0 Å². The van der Waals surface area contributed by atoms with E-state index in [9.17, 15) is 73.5 Å². The molecule has 696 valence electrons. The van der Waals surface area contributed by atoms with Gasteiger partial charge in [0.05, 0.1) is 32.5 Å². The van der Waals surface area contributed by atoms with Gasteiger partial charge in [-0.2, -0.15) is 0 Å². The third-order valence-corrected chi connectivity index (χ3v) is 22.1. The van der Waals surface area contributed by atoms with Crippen LogP contribution in [0.15, 0.2) is 115 Å². The lowest BCUT2D eigenvalue weighted by Gasteiger charge is -2.21. The van der Waals surface area contributed by atoms with Crippen molar-refractivity contribution >= 4 is 71.8 Å². The second-order valence-electron chi connectivity index (χ2n) is 33.5. The Morgan fingerprint density at radius 3 is 0.923 bits per heavy atom. The van der Waals surface area contributed by atoms with E-state index in [1.54, 1.807) is 124 Å². The molecule has 43 nitrogen and oxygen atoms in total. The van der Waals surface area contributed by atoms with E-state index in [2.05, 4.69) is 0 Å². The summed E-state index contributed by atoms with van der Waals surface area (Å²) in [6, 6.07) is 25.4. The largest absolute Gasteiger partial charge is 0.508 e. The van der Waals surface area contributed by atoms with Crippen LogP contribution in [-0.2, 0) is 152 Å². The maximum Gasteiger partial charge on any atom is 0.350 e. The molecule has 0 amide bonds. The number of ether oxygens (including phenoxy) is 28. The van der Waals surface area contributed by atoms with Crippen molar-refractivity contribution in [3.63, 3.8) is 0 Å². The van der Waals surface area contributed by atoms with E-state index in [4.69, 9.17) is 133 Å². The fraction of sp³-hybridized carbons (Fsp3) is 0.494. The molecule has 0 spiro atoms. The average Bonchev–Trinajstić information content (AvgIpc) is 1.61. The lowest BCUT2D eigenvalue weighted by Crippen LogP contribution is -2.37. The van der Waals surface area contributed by atoms with E-state index in [0.717, 1.165) is 18.2 Å². The number of para-hydroxylation sites is 1. The highest BCUT2D eigenvalue weighted by Gasteiger charge is 2.70. The fourth-order valence-electron chi connectivity index (χ4n) is 16.6. The Morgan fingerprint density at radius 2 is 0.608 bits per heavy atom. The van der Waals surface area contributed by atoms with Crippen LogP contribution in [0.1, 0.15) is 111 Å². The molecule has 5 aromatic carbocycles. The number of hydrogen-bond donors (Lipinski definition) is 5. The normalized spacial score (nSPS) is 34.3. The summed E-state index contributed by atoms with van der Waals surface area (Å²) in [7, 11) is 4.48. The number of carbonyl (C=O) groups excluding carboxylic acids is 10. The first-order chi connectivity index (χ1) is 61.5. The fourth-order valence-corrected chi connectivity index (χ4v) is 16.6. The number of esters is 10. The van der Waals surface area contributed by atoms with Crippen molar-refractivity contribution in [2.75, 3.05) is 21.3 Å². The molecular weight excluding hydrogens is 1730 g/mol. The van der Waals surface area contributed by atoms with Crippen LogP contribution in [0.25, 0.3) is 12.2 Å². The highest BCUT2D eigenvalue weighted by atomic mass is 16.9. The first-order valence-corrected chi connectivity index (χ1v) is 40.7. The number of aromatic hydroxyl groups is 5. The summed E-state index contributed by atoms with van der Waals surface area (Å²) in [4.78, 5) is 121. The molecule has 43 heteroatoms. The Balaban J connectivity index is 0.000000119. The maximum absolute atomic E-state index is 12.4. The first kappa shape index (κ1) is 91.4. The van der Waals surface area contributed by atoms with Crippen LogP contribution in [0.5, 0.6) is 46.0 Å². The van der Waals surface area contributed by atoms with E-state index in [1.165, 1.54) is 76.0 Å². The van der Waals surface area contributed by atoms with E-state index in [0.29, 0.717) is 28.4 Å². The summed E-state index contributed by atoms with van der Waals surface area (Å²) in [6.07, 6.45) is -14.7. The van der Waals surface area contributed by atoms with E-state index >= 15 is 0 Å². The van der Waals surface area contributed by atoms with Gasteiger partial charge in [0, 0.05) is 12.2 Å². The number of benzene rings is 5. The standard InChI is InChI=1S/C21H24O10.C18H18O10.2C16H16O8.C16H16O7/c1-21(2)30-18-16-15(29-20(18)31-21)17(19(23)28-16)27-13(22)7-6-10-8-11(24-3)14(26-5)12(9-10)25-4;1-18(2)27-15-13-12(26-17(15)28-18)14(16(23)25-13)24-10(21)4-3-7-5-8(19)11(22)9(20)6-7;1-16(2)23-12-10-9(22-15(12)24-16)11(14(19)20-10)21-13(18)7-3-5-8(17)6-4-7;1-16(2)23-12-10-9(22-15(12)24-16)11(14(19)20-10)21-13(18)7-5-3-4-6-8(7)17;1-16(2)22-12-10-9(21-15(12)23-16)11(14(18)19-10)20-13(17)8-6-4-3-5-7-8/h6-9,15-18,20H,1-5H3;3-6,12-15,17,19-20,22H,1-2H3;2*3-6,9-12,15,17H,1-2H3;3-7,9-12,15H,1-2H3/b7-6+;4-3+;;;. The molecule has 0 radical (unpaired) electrons. The number of fused-ring (bicyclic) bond motifs is 15. The van der Waals surface area contributed by atoms with Crippen LogP contribution in [-0.4, -0.2) is 289 Å². The van der Waals surface area contributed by atoms with Crippen LogP contribution >= 0.6 is 0 Å². The molecule has 25 atom stereocenters. The summed E-state index contributed by atoms with van der Waals surface area (Å²) < 4.78 is 153. The lowest BCUT2D eigenvalue weighted by atomic mass is 10.1. The van der Waals surface area contributed by atoms with Gasteiger partial charge in [0.15, 0.2) is 150 Å². The van der Waals surface area contributed by atoms with Crippen LogP contribution < -0.4 is 14.2 Å². The van der Waals surface area contributed by atoms with Crippen LogP contribution in [0.2, 0.25) is 0 Å². The molecule has 5 N–H and O–H groups in total. The van der Waals surface area contributed by atoms with Gasteiger partial charge in [-0.15, -0.1) is 0 Å².